The van der Waals surface area contributed by atoms with Gasteiger partial charge in [0.1, 0.15) is 11.8 Å². The van der Waals surface area contributed by atoms with Gasteiger partial charge in [-0.1, -0.05) is 27.2 Å². The molecule has 0 saturated heterocycles. The number of ether oxygens (including phenoxy) is 1. The molecule has 7 heteroatoms. The predicted octanol–water partition coefficient (Wildman–Crippen LogP) is 4.33. The molecular weight excluding hydrogens is 378 g/mol. The van der Waals surface area contributed by atoms with Gasteiger partial charge in [0.25, 0.3) is 0 Å². The normalized spacial score (nSPS) is 15.8. The molecule has 0 saturated carbocycles. The van der Waals surface area contributed by atoms with Crippen molar-refractivity contribution < 1.29 is 9.15 Å². The van der Waals surface area contributed by atoms with Crippen molar-refractivity contribution in [2.75, 3.05) is 31.5 Å². The lowest BCUT2D eigenvalue weighted by molar-refractivity contribution is -0.0401. The van der Waals surface area contributed by atoms with Gasteiger partial charge in [0.15, 0.2) is 11.4 Å². The van der Waals surface area contributed by atoms with Crippen LogP contribution in [0.3, 0.4) is 0 Å². The Balaban J connectivity index is 1.79. The number of fused-ring (bicyclic) bond motifs is 5. The fraction of sp³-hybridized carbons (Fsp3) is 0.609. The fourth-order valence-corrected chi connectivity index (χ4v) is 4.31. The lowest BCUT2D eigenvalue weighted by Gasteiger charge is -2.33. The van der Waals surface area contributed by atoms with Gasteiger partial charge < -0.3 is 19.4 Å². The molecule has 7 nitrogen and oxygen atoms in total. The first-order chi connectivity index (χ1) is 14.5. The Hall–Kier alpha value is -2.25. The molecule has 1 aliphatic heterocycles. The van der Waals surface area contributed by atoms with E-state index in [2.05, 4.69) is 54.8 Å². The van der Waals surface area contributed by atoms with E-state index in [0.717, 1.165) is 67.9 Å². The molecule has 3 aromatic heterocycles. The van der Waals surface area contributed by atoms with Gasteiger partial charge in [-0.2, -0.15) is 0 Å². The van der Waals surface area contributed by atoms with E-state index in [4.69, 9.17) is 14.1 Å². The van der Waals surface area contributed by atoms with Crippen molar-refractivity contribution in [1.29, 1.82) is 0 Å². The van der Waals surface area contributed by atoms with E-state index in [0.29, 0.717) is 17.9 Å². The number of rotatable bonds is 8. The van der Waals surface area contributed by atoms with Gasteiger partial charge in [-0.15, -0.1) is 0 Å². The van der Waals surface area contributed by atoms with Gasteiger partial charge in [0, 0.05) is 25.1 Å². The van der Waals surface area contributed by atoms with Crippen LogP contribution >= 0.6 is 0 Å². The van der Waals surface area contributed by atoms with Crippen LogP contribution in [0.15, 0.2) is 10.7 Å². The van der Waals surface area contributed by atoms with Gasteiger partial charge >= 0.3 is 0 Å². The zero-order chi connectivity index (χ0) is 21.3. The Kier molecular flexibility index (Phi) is 5.93. The number of aryl methyl sites for hydroxylation is 1. The summed E-state index contributed by atoms with van der Waals surface area (Å²) < 4.78 is 12.4. The minimum atomic E-state index is -0.216. The fourth-order valence-electron chi connectivity index (χ4n) is 4.31. The molecule has 1 aliphatic rings. The zero-order valence-electron chi connectivity index (χ0n) is 18.8. The maximum Gasteiger partial charge on any atom is 0.229 e. The van der Waals surface area contributed by atoms with E-state index >= 15 is 0 Å². The zero-order valence-corrected chi connectivity index (χ0v) is 18.8. The highest BCUT2D eigenvalue weighted by Crippen LogP contribution is 2.39. The highest BCUT2D eigenvalue weighted by molar-refractivity contribution is 6.06. The number of anilines is 1. The van der Waals surface area contributed by atoms with E-state index < -0.39 is 0 Å². The van der Waals surface area contributed by atoms with E-state index in [-0.39, 0.29) is 5.60 Å². The molecule has 0 spiro atoms. The number of aromatic nitrogens is 3. The number of nitrogens with one attached hydrogen (secondary N) is 1. The molecule has 0 aromatic carbocycles. The SMILES string of the molecule is CCCc1nc2oc3c(NCCN(CC)CC)ncnc3c2c2c1COC(C)(C)C2. The second-order valence-electron chi connectivity index (χ2n) is 8.63. The van der Waals surface area contributed by atoms with E-state index in [9.17, 15) is 0 Å². The first-order valence-corrected chi connectivity index (χ1v) is 11.1. The van der Waals surface area contributed by atoms with Crippen LogP contribution in [0.5, 0.6) is 0 Å². The van der Waals surface area contributed by atoms with Crippen LogP contribution in [0.25, 0.3) is 22.2 Å². The Morgan fingerprint density at radius 1 is 1.13 bits per heavy atom. The molecular formula is C23H33N5O2. The molecule has 0 fully saturated rings. The molecule has 0 bridgehead atoms. The van der Waals surface area contributed by atoms with Crippen LogP contribution in [-0.4, -0.2) is 51.6 Å². The van der Waals surface area contributed by atoms with Gasteiger partial charge in [0.05, 0.1) is 23.3 Å². The topological polar surface area (TPSA) is 76.3 Å². The number of hydrogen-bond donors (Lipinski definition) is 1. The third-order valence-electron chi connectivity index (χ3n) is 6.02. The van der Waals surface area contributed by atoms with Crippen molar-refractivity contribution in [2.24, 2.45) is 0 Å². The summed E-state index contributed by atoms with van der Waals surface area (Å²) in [5, 5.41) is 4.46. The van der Waals surface area contributed by atoms with Crippen LogP contribution in [0.2, 0.25) is 0 Å². The highest BCUT2D eigenvalue weighted by Gasteiger charge is 2.32. The summed E-state index contributed by atoms with van der Waals surface area (Å²) in [5.74, 6) is 0.738. The molecule has 0 atom stereocenters. The standard InChI is InChI=1S/C23H33N5O2/c1-6-9-17-16-13-29-23(4,5)12-15(16)18-19-20(30-22(18)27-17)21(26-14-25-19)24-10-11-28(7-2)8-3/h14H,6-13H2,1-5H3,(H,24,25,26). The van der Waals surface area contributed by atoms with Gasteiger partial charge in [-0.3, -0.25) is 0 Å². The second kappa shape index (κ2) is 8.47. The number of nitrogens with zero attached hydrogens (tertiary/aromatic N) is 4. The first-order valence-electron chi connectivity index (χ1n) is 11.1. The summed E-state index contributed by atoms with van der Waals surface area (Å²) in [4.78, 5) is 16.3. The van der Waals surface area contributed by atoms with Crippen molar-refractivity contribution in [3.05, 3.63) is 23.1 Å². The summed E-state index contributed by atoms with van der Waals surface area (Å²) in [6.45, 7) is 15.2. The molecule has 0 aliphatic carbocycles. The number of pyridine rings is 1. The Labute approximate surface area is 178 Å². The quantitative estimate of drug-likeness (QED) is 0.591. The van der Waals surface area contributed by atoms with Crippen LogP contribution in [-0.2, 0) is 24.2 Å². The minimum Gasteiger partial charge on any atom is -0.432 e. The predicted molar refractivity (Wildman–Crippen MR) is 120 cm³/mol. The Bertz CT molecular complexity index is 1040. The van der Waals surface area contributed by atoms with Crippen molar-refractivity contribution in [3.63, 3.8) is 0 Å². The molecule has 162 valence electrons. The van der Waals surface area contributed by atoms with Crippen LogP contribution in [0.1, 0.15) is 57.9 Å². The Morgan fingerprint density at radius 3 is 2.67 bits per heavy atom. The molecule has 3 aromatic rings. The smallest absolute Gasteiger partial charge is 0.229 e. The lowest BCUT2D eigenvalue weighted by atomic mass is 9.88. The second-order valence-corrected chi connectivity index (χ2v) is 8.63. The molecule has 0 amide bonds. The molecule has 0 unspecified atom stereocenters. The molecule has 1 N–H and O–H groups in total. The van der Waals surface area contributed by atoms with E-state index in [1.165, 1.54) is 11.1 Å². The van der Waals surface area contributed by atoms with Crippen molar-refractivity contribution >= 4 is 28.0 Å². The van der Waals surface area contributed by atoms with Crippen molar-refractivity contribution in [1.82, 2.24) is 19.9 Å². The minimum absolute atomic E-state index is 0.216. The van der Waals surface area contributed by atoms with Gasteiger partial charge in [-0.25, -0.2) is 15.0 Å². The number of furan rings is 1. The summed E-state index contributed by atoms with van der Waals surface area (Å²) in [7, 11) is 0. The average molecular weight is 412 g/mol. The van der Waals surface area contributed by atoms with Crippen LogP contribution in [0.4, 0.5) is 5.82 Å². The number of hydrogen-bond acceptors (Lipinski definition) is 7. The lowest BCUT2D eigenvalue weighted by Crippen LogP contribution is -2.32. The first kappa shape index (κ1) is 21.0. The molecule has 30 heavy (non-hydrogen) atoms. The maximum absolute atomic E-state index is 6.26. The highest BCUT2D eigenvalue weighted by atomic mass is 16.5. The van der Waals surface area contributed by atoms with Crippen molar-refractivity contribution in [3.8, 4) is 0 Å². The van der Waals surface area contributed by atoms with Crippen LogP contribution < -0.4 is 5.32 Å². The Morgan fingerprint density at radius 2 is 1.93 bits per heavy atom. The maximum atomic E-state index is 6.26. The molecule has 0 radical (unpaired) electrons. The summed E-state index contributed by atoms with van der Waals surface area (Å²) >= 11 is 0. The van der Waals surface area contributed by atoms with E-state index in [1.807, 2.05) is 0 Å². The van der Waals surface area contributed by atoms with Gasteiger partial charge in [0.2, 0.25) is 5.71 Å². The van der Waals surface area contributed by atoms with Crippen LogP contribution in [0, 0.1) is 0 Å². The summed E-state index contributed by atoms with van der Waals surface area (Å²) in [6, 6.07) is 0. The largest absolute Gasteiger partial charge is 0.432 e. The third-order valence-corrected chi connectivity index (χ3v) is 6.02. The molecule has 4 heterocycles. The monoisotopic (exact) mass is 411 g/mol. The third kappa shape index (κ3) is 3.88. The van der Waals surface area contributed by atoms with Gasteiger partial charge in [-0.05, 0) is 38.9 Å². The van der Waals surface area contributed by atoms with E-state index in [1.54, 1.807) is 6.33 Å². The number of likely N-dealkylation sites (N-methyl/N-ethyl adjacent to an activating group) is 1. The summed E-state index contributed by atoms with van der Waals surface area (Å²) in [5.41, 5.74) is 5.55. The summed E-state index contributed by atoms with van der Waals surface area (Å²) in [6.07, 6.45) is 4.39. The molecule has 4 rings (SSSR count). The average Bonchev–Trinajstić information content (AvgIpc) is 3.10. The van der Waals surface area contributed by atoms with Crippen molar-refractivity contribution in [2.45, 2.75) is 66.1 Å².